The topological polar surface area (TPSA) is 64.3 Å². The highest BCUT2D eigenvalue weighted by Crippen LogP contribution is 2.27. The van der Waals surface area contributed by atoms with Gasteiger partial charge in [0.05, 0.1) is 18.6 Å². The molecule has 4 nitrogen and oxygen atoms in total. The van der Waals surface area contributed by atoms with Gasteiger partial charge in [0.1, 0.15) is 11.6 Å². The number of nitrogen functional groups attached to an aromatic ring is 1. The molecule has 2 rings (SSSR count). The van der Waals surface area contributed by atoms with Gasteiger partial charge in [-0.15, -0.1) is 11.8 Å². The summed E-state index contributed by atoms with van der Waals surface area (Å²) in [7, 11) is 1.51. The van der Waals surface area contributed by atoms with E-state index < -0.39 is 0 Å². The van der Waals surface area contributed by atoms with Crippen molar-refractivity contribution in [2.75, 3.05) is 23.9 Å². The van der Waals surface area contributed by atoms with Crippen molar-refractivity contribution in [2.24, 2.45) is 0 Å². The molecule has 0 saturated carbocycles. The molecule has 0 aliphatic rings. The highest BCUT2D eigenvalue weighted by atomic mass is 32.2. The Morgan fingerprint density at radius 2 is 2.14 bits per heavy atom. The average Bonchev–Trinajstić information content (AvgIpc) is 2.47. The van der Waals surface area contributed by atoms with E-state index in [-0.39, 0.29) is 17.5 Å². The van der Waals surface area contributed by atoms with E-state index in [1.165, 1.54) is 31.0 Å². The molecule has 1 amide bonds. The van der Waals surface area contributed by atoms with Gasteiger partial charge in [-0.2, -0.15) is 0 Å². The van der Waals surface area contributed by atoms with Gasteiger partial charge in [0.15, 0.2) is 0 Å². The number of rotatable bonds is 5. The number of hydrogen-bond donors (Lipinski definition) is 2. The number of anilines is 2. The zero-order valence-corrected chi connectivity index (χ0v) is 12.2. The number of halogens is 1. The van der Waals surface area contributed by atoms with Crippen LogP contribution in [0.1, 0.15) is 0 Å². The van der Waals surface area contributed by atoms with Crippen molar-refractivity contribution in [3.63, 3.8) is 0 Å². The lowest BCUT2D eigenvalue weighted by Crippen LogP contribution is -2.14. The van der Waals surface area contributed by atoms with Gasteiger partial charge >= 0.3 is 0 Å². The van der Waals surface area contributed by atoms with Crippen LogP contribution >= 0.6 is 11.8 Å². The second-order valence-electron chi connectivity index (χ2n) is 4.25. The molecule has 0 aliphatic carbocycles. The summed E-state index contributed by atoms with van der Waals surface area (Å²) in [6, 6.07) is 11.1. The highest BCUT2D eigenvalue weighted by Gasteiger charge is 2.08. The van der Waals surface area contributed by atoms with Gasteiger partial charge in [-0.25, -0.2) is 4.39 Å². The van der Waals surface area contributed by atoms with Crippen molar-refractivity contribution in [1.29, 1.82) is 0 Å². The standard InChI is InChI=1S/C15H15FN2O2S/c1-20-14-8-11(17)5-6-13(14)18-15(19)9-21-12-4-2-3-10(16)7-12/h2-8H,9,17H2,1H3,(H,18,19). The Morgan fingerprint density at radius 3 is 2.86 bits per heavy atom. The van der Waals surface area contributed by atoms with Gasteiger partial charge in [0, 0.05) is 16.6 Å². The van der Waals surface area contributed by atoms with Crippen LogP contribution in [0.15, 0.2) is 47.4 Å². The number of carbonyl (C=O) groups excluding carboxylic acids is 1. The molecule has 21 heavy (non-hydrogen) atoms. The van der Waals surface area contributed by atoms with Crippen molar-refractivity contribution in [3.8, 4) is 5.75 Å². The van der Waals surface area contributed by atoms with Crippen LogP contribution in [-0.2, 0) is 4.79 Å². The largest absolute Gasteiger partial charge is 0.494 e. The number of amides is 1. The first-order chi connectivity index (χ1) is 10.1. The first kappa shape index (κ1) is 15.2. The third-order valence-corrected chi connectivity index (χ3v) is 3.66. The van der Waals surface area contributed by atoms with E-state index in [0.29, 0.717) is 22.0 Å². The fourth-order valence-corrected chi connectivity index (χ4v) is 2.44. The van der Waals surface area contributed by atoms with Gasteiger partial charge in [0.2, 0.25) is 5.91 Å². The SMILES string of the molecule is COc1cc(N)ccc1NC(=O)CSc1cccc(F)c1. The third kappa shape index (κ3) is 4.39. The zero-order chi connectivity index (χ0) is 15.2. The van der Waals surface area contributed by atoms with Crippen molar-refractivity contribution in [2.45, 2.75) is 4.90 Å². The lowest BCUT2D eigenvalue weighted by Gasteiger charge is -2.10. The Bertz CT molecular complexity index is 649. The lowest BCUT2D eigenvalue weighted by atomic mass is 10.2. The predicted molar refractivity (Wildman–Crippen MR) is 83.2 cm³/mol. The van der Waals surface area contributed by atoms with E-state index in [1.807, 2.05) is 0 Å². The molecular formula is C15H15FN2O2S. The van der Waals surface area contributed by atoms with Gasteiger partial charge in [-0.05, 0) is 30.3 Å². The molecule has 0 spiro atoms. The molecule has 0 bridgehead atoms. The van der Waals surface area contributed by atoms with Gasteiger partial charge in [-0.3, -0.25) is 4.79 Å². The van der Waals surface area contributed by atoms with Crippen LogP contribution in [0.3, 0.4) is 0 Å². The molecule has 3 N–H and O–H groups in total. The average molecular weight is 306 g/mol. The monoisotopic (exact) mass is 306 g/mol. The Labute approximate surface area is 126 Å². The molecule has 0 atom stereocenters. The molecular weight excluding hydrogens is 291 g/mol. The second-order valence-corrected chi connectivity index (χ2v) is 5.30. The van der Waals surface area contributed by atoms with Crippen molar-refractivity contribution in [3.05, 3.63) is 48.3 Å². The third-order valence-electron chi connectivity index (χ3n) is 2.67. The summed E-state index contributed by atoms with van der Waals surface area (Å²) in [6.45, 7) is 0. The van der Waals surface area contributed by atoms with Crippen LogP contribution in [0.25, 0.3) is 0 Å². The maximum atomic E-state index is 13.0. The molecule has 0 heterocycles. The molecule has 0 unspecified atom stereocenters. The van der Waals surface area contributed by atoms with E-state index in [4.69, 9.17) is 10.5 Å². The van der Waals surface area contributed by atoms with Crippen LogP contribution in [0.2, 0.25) is 0 Å². The van der Waals surface area contributed by atoms with Crippen LogP contribution in [0.4, 0.5) is 15.8 Å². The summed E-state index contributed by atoms with van der Waals surface area (Å²) >= 11 is 1.26. The normalized spacial score (nSPS) is 10.2. The van der Waals surface area contributed by atoms with E-state index in [2.05, 4.69) is 5.32 Å². The Morgan fingerprint density at radius 1 is 1.33 bits per heavy atom. The zero-order valence-electron chi connectivity index (χ0n) is 11.4. The van der Waals surface area contributed by atoms with Crippen LogP contribution in [-0.4, -0.2) is 18.8 Å². The van der Waals surface area contributed by atoms with Crippen molar-refractivity contribution in [1.82, 2.24) is 0 Å². The Hall–Kier alpha value is -2.21. The summed E-state index contributed by atoms with van der Waals surface area (Å²) in [5.74, 6) is 0.156. The smallest absolute Gasteiger partial charge is 0.234 e. The molecule has 0 aliphatic heterocycles. The summed E-state index contributed by atoms with van der Waals surface area (Å²) in [6.07, 6.45) is 0. The fraction of sp³-hybridized carbons (Fsp3) is 0.133. The Balaban J connectivity index is 1.96. The van der Waals surface area contributed by atoms with Crippen LogP contribution in [0, 0.1) is 5.82 Å². The summed E-state index contributed by atoms with van der Waals surface area (Å²) in [4.78, 5) is 12.6. The maximum Gasteiger partial charge on any atom is 0.234 e. The minimum absolute atomic E-state index is 0.178. The molecule has 0 saturated heterocycles. The first-order valence-electron chi connectivity index (χ1n) is 6.20. The number of benzene rings is 2. The van der Waals surface area contributed by atoms with Gasteiger partial charge < -0.3 is 15.8 Å². The van der Waals surface area contributed by atoms with E-state index >= 15 is 0 Å². The number of hydrogen-bond acceptors (Lipinski definition) is 4. The number of nitrogens with one attached hydrogen (secondary N) is 1. The number of nitrogens with two attached hydrogens (primary N) is 1. The summed E-state index contributed by atoms with van der Waals surface area (Å²) in [5.41, 5.74) is 6.76. The van der Waals surface area contributed by atoms with E-state index in [9.17, 15) is 9.18 Å². The predicted octanol–water partition coefficient (Wildman–Crippen LogP) is 3.15. The molecule has 0 fully saturated rings. The van der Waals surface area contributed by atoms with Gasteiger partial charge in [-0.1, -0.05) is 6.07 Å². The molecule has 0 aromatic heterocycles. The van der Waals surface area contributed by atoms with Crippen molar-refractivity contribution >= 4 is 29.0 Å². The molecule has 6 heteroatoms. The molecule has 2 aromatic carbocycles. The van der Waals surface area contributed by atoms with E-state index in [1.54, 1.807) is 30.3 Å². The quantitative estimate of drug-likeness (QED) is 0.658. The Kier molecular flexibility index (Phi) is 5.05. The molecule has 110 valence electrons. The van der Waals surface area contributed by atoms with Crippen LogP contribution < -0.4 is 15.8 Å². The molecule has 0 radical (unpaired) electrons. The number of carbonyl (C=O) groups is 1. The van der Waals surface area contributed by atoms with E-state index in [0.717, 1.165) is 0 Å². The van der Waals surface area contributed by atoms with Crippen molar-refractivity contribution < 1.29 is 13.9 Å². The minimum atomic E-state index is -0.319. The number of methoxy groups -OCH3 is 1. The maximum absolute atomic E-state index is 13.0. The summed E-state index contributed by atoms with van der Waals surface area (Å²) < 4.78 is 18.2. The van der Waals surface area contributed by atoms with Crippen LogP contribution in [0.5, 0.6) is 5.75 Å². The fourth-order valence-electron chi connectivity index (χ4n) is 1.70. The highest BCUT2D eigenvalue weighted by molar-refractivity contribution is 8.00. The molecule has 2 aromatic rings. The number of thioether (sulfide) groups is 1. The minimum Gasteiger partial charge on any atom is -0.494 e. The second kappa shape index (κ2) is 6.99. The first-order valence-corrected chi connectivity index (χ1v) is 7.19. The summed E-state index contributed by atoms with van der Waals surface area (Å²) in [5, 5.41) is 2.74. The number of ether oxygens (including phenoxy) is 1. The lowest BCUT2D eigenvalue weighted by molar-refractivity contribution is -0.113. The van der Waals surface area contributed by atoms with Gasteiger partial charge in [0.25, 0.3) is 0 Å².